The monoisotopic (exact) mass is 170 g/mol. The molecule has 12 heavy (non-hydrogen) atoms. The van der Waals surface area contributed by atoms with Gasteiger partial charge < -0.3 is 10.1 Å². The number of hydrogen-bond donors (Lipinski definition) is 1. The van der Waals surface area contributed by atoms with Crippen LogP contribution in [0.25, 0.3) is 0 Å². The van der Waals surface area contributed by atoms with Crippen LogP contribution in [0.3, 0.4) is 0 Å². The van der Waals surface area contributed by atoms with Crippen molar-refractivity contribution in [2.24, 2.45) is 0 Å². The van der Waals surface area contributed by atoms with Gasteiger partial charge >= 0.3 is 0 Å². The summed E-state index contributed by atoms with van der Waals surface area (Å²) >= 11 is 0. The summed E-state index contributed by atoms with van der Waals surface area (Å²) in [5.74, 6) is 0. The summed E-state index contributed by atoms with van der Waals surface area (Å²) in [5, 5.41) is 3.40. The van der Waals surface area contributed by atoms with Gasteiger partial charge in [0.15, 0.2) is 0 Å². The number of fused-ring (bicyclic) bond motifs is 1. The summed E-state index contributed by atoms with van der Waals surface area (Å²) in [6.07, 6.45) is 0.402. The molecule has 0 bridgehead atoms. The van der Waals surface area contributed by atoms with Gasteiger partial charge in [0.1, 0.15) is 0 Å². The van der Waals surface area contributed by atoms with Crippen molar-refractivity contribution < 1.29 is 4.74 Å². The maximum Gasteiger partial charge on any atom is 0.0700 e. The minimum Gasteiger partial charge on any atom is -0.375 e. The van der Waals surface area contributed by atoms with Gasteiger partial charge in [-0.2, -0.15) is 0 Å². The van der Waals surface area contributed by atoms with Crippen LogP contribution in [-0.2, 0) is 4.74 Å². The summed E-state index contributed by atoms with van der Waals surface area (Å²) in [4.78, 5) is 2.57. The van der Waals surface area contributed by atoms with Crippen molar-refractivity contribution in [1.29, 1.82) is 0 Å². The first-order valence-corrected chi connectivity index (χ1v) is 4.87. The molecule has 0 aromatic carbocycles. The van der Waals surface area contributed by atoms with Gasteiger partial charge in [0.2, 0.25) is 0 Å². The molecule has 1 N–H and O–H groups in total. The number of rotatable bonds is 0. The predicted molar refractivity (Wildman–Crippen MR) is 48.2 cm³/mol. The molecular formula is C9H18N2O. The Balaban J connectivity index is 2.03. The summed E-state index contributed by atoms with van der Waals surface area (Å²) in [5.41, 5.74) is 0. The summed E-state index contributed by atoms with van der Waals surface area (Å²) in [7, 11) is 0. The molecule has 3 nitrogen and oxygen atoms in total. The molecular weight excluding hydrogens is 152 g/mol. The molecule has 2 fully saturated rings. The molecule has 2 aliphatic rings. The predicted octanol–water partition coefficient (Wildman–Crippen LogP) is 0.0674. The first-order valence-electron chi connectivity index (χ1n) is 4.87. The molecule has 70 valence electrons. The van der Waals surface area contributed by atoms with Crippen molar-refractivity contribution in [3.63, 3.8) is 0 Å². The van der Waals surface area contributed by atoms with Crippen molar-refractivity contribution in [2.75, 3.05) is 26.2 Å². The maximum atomic E-state index is 5.68. The molecule has 0 radical (unpaired) electrons. The fourth-order valence-electron chi connectivity index (χ4n) is 2.14. The third-order valence-corrected chi connectivity index (χ3v) is 3.15. The molecule has 2 aliphatic heterocycles. The highest BCUT2D eigenvalue weighted by Gasteiger charge is 2.34. The molecule has 0 unspecified atom stereocenters. The Morgan fingerprint density at radius 3 is 3.08 bits per heavy atom. The fraction of sp³-hybridized carbons (Fsp3) is 1.00. The Hall–Kier alpha value is -0.120. The Kier molecular flexibility index (Phi) is 2.35. The van der Waals surface area contributed by atoms with Crippen molar-refractivity contribution in [3.8, 4) is 0 Å². The Labute approximate surface area is 74.1 Å². The van der Waals surface area contributed by atoms with E-state index in [0.717, 1.165) is 19.7 Å². The second kappa shape index (κ2) is 3.32. The van der Waals surface area contributed by atoms with Gasteiger partial charge in [-0.15, -0.1) is 0 Å². The van der Waals surface area contributed by atoms with E-state index in [-0.39, 0.29) is 0 Å². The van der Waals surface area contributed by atoms with Gasteiger partial charge in [0, 0.05) is 31.7 Å². The lowest BCUT2D eigenvalue weighted by molar-refractivity contribution is -0.0962. The van der Waals surface area contributed by atoms with E-state index >= 15 is 0 Å². The lowest BCUT2D eigenvalue weighted by Gasteiger charge is -2.46. The van der Waals surface area contributed by atoms with Crippen molar-refractivity contribution in [2.45, 2.75) is 32.0 Å². The minimum absolute atomic E-state index is 0.402. The molecule has 0 aromatic rings. The van der Waals surface area contributed by atoms with Crippen LogP contribution in [0.4, 0.5) is 0 Å². The Morgan fingerprint density at radius 2 is 2.25 bits per heavy atom. The van der Waals surface area contributed by atoms with Crippen LogP contribution in [-0.4, -0.2) is 49.3 Å². The smallest absolute Gasteiger partial charge is 0.0700 e. The highest BCUT2D eigenvalue weighted by molar-refractivity contribution is 4.89. The second-order valence-electron chi connectivity index (χ2n) is 3.87. The Bertz CT molecular complexity index is 161. The third kappa shape index (κ3) is 1.37. The average molecular weight is 170 g/mol. The topological polar surface area (TPSA) is 24.5 Å². The van der Waals surface area contributed by atoms with Crippen LogP contribution in [0.5, 0.6) is 0 Å². The van der Waals surface area contributed by atoms with E-state index in [2.05, 4.69) is 24.1 Å². The van der Waals surface area contributed by atoms with Gasteiger partial charge in [0.05, 0.1) is 12.7 Å². The van der Waals surface area contributed by atoms with E-state index in [9.17, 15) is 0 Å². The summed E-state index contributed by atoms with van der Waals surface area (Å²) in [6.45, 7) is 8.74. The number of piperazine rings is 1. The third-order valence-electron chi connectivity index (χ3n) is 3.15. The van der Waals surface area contributed by atoms with Crippen LogP contribution in [0.1, 0.15) is 13.8 Å². The lowest BCUT2D eigenvalue weighted by atomic mass is 10.0. The SMILES string of the molecule is C[C@@H]1OC[C@H]2CNCCN2[C@@H]1C. The van der Waals surface area contributed by atoms with Gasteiger partial charge in [-0.3, -0.25) is 4.90 Å². The van der Waals surface area contributed by atoms with Crippen LogP contribution in [0.2, 0.25) is 0 Å². The molecule has 2 saturated heterocycles. The molecule has 0 aromatic heterocycles. The summed E-state index contributed by atoms with van der Waals surface area (Å²) in [6, 6.07) is 1.20. The van der Waals surface area contributed by atoms with Crippen LogP contribution in [0, 0.1) is 0 Å². The van der Waals surface area contributed by atoms with E-state index in [0.29, 0.717) is 18.2 Å². The van der Waals surface area contributed by atoms with Crippen LogP contribution in [0.15, 0.2) is 0 Å². The van der Waals surface area contributed by atoms with Crippen molar-refractivity contribution >= 4 is 0 Å². The van der Waals surface area contributed by atoms with Gasteiger partial charge in [-0.25, -0.2) is 0 Å². The van der Waals surface area contributed by atoms with E-state index in [1.54, 1.807) is 0 Å². The molecule has 0 spiro atoms. The lowest BCUT2D eigenvalue weighted by Crippen LogP contribution is -2.62. The van der Waals surface area contributed by atoms with E-state index in [1.165, 1.54) is 6.54 Å². The second-order valence-corrected chi connectivity index (χ2v) is 3.87. The van der Waals surface area contributed by atoms with E-state index < -0.39 is 0 Å². The highest BCUT2D eigenvalue weighted by Crippen LogP contribution is 2.19. The molecule has 2 heterocycles. The van der Waals surface area contributed by atoms with Crippen molar-refractivity contribution in [1.82, 2.24) is 10.2 Å². The normalized spacial score (nSPS) is 44.0. The molecule has 2 rings (SSSR count). The average Bonchev–Trinajstić information content (AvgIpc) is 2.12. The number of morpholine rings is 1. The molecule has 0 amide bonds. The van der Waals surface area contributed by atoms with E-state index in [4.69, 9.17) is 4.74 Å². The Morgan fingerprint density at radius 1 is 1.42 bits per heavy atom. The number of hydrogen-bond acceptors (Lipinski definition) is 3. The van der Waals surface area contributed by atoms with Crippen LogP contribution < -0.4 is 5.32 Å². The zero-order chi connectivity index (χ0) is 8.55. The largest absolute Gasteiger partial charge is 0.375 e. The summed E-state index contributed by atoms with van der Waals surface area (Å²) < 4.78 is 5.68. The first kappa shape index (κ1) is 8.48. The minimum atomic E-state index is 0.402. The van der Waals surface area contributed by atoms with Gasteiger partial charge in [-0.1, -0.05) is 0 Å². The quantitative estimate of drug-likeness (QED) is 0.556. The van der Waals surface area contributed by atoms with Crippen LogP contribution >= 0.6 is 0 Å². The van der Waals surface area contributed by atoms with Gasteiger partial charge in [0.25, 0.3) is 0 Å². The van der Waals surface area contributed by atoms with Gasteiger partial charge in [-0.05, 0) is 13.8 Å². The highest BCUT2D eigenvalue weighted by atomic mass is 16.5. The number of nitrogens with one attached hydrogen (secondary N) is 1. The molecule has 0 saturated carbocycles. The van der Waals surface area contributed by atoms with E-state index in [1.807, 2.05) is 0 Å². The number of ether oxygens (including phenoxy) is 1. The number of nitrogens with zero attached hydrogens (tertiary/aromatic N) is 1. The standard InChI is InChI=1S/C9H18N2O/c1-7-8(2)12-6-9-5-10-3-4-11(7)9/h7-10H,3-6H2,1-2H3/t7-,8+,9-/m1/s1. The molecule has 3 atom stereocenters. The zero-order valence-corrected chi connectivity index (χ0v) is 7.92. The first-order chi connectivity index (χ1) is 5.79. The zero-order valence-electron chi connectivity index (χ0n) is 7.92. The fourth-order valence-corrected chi connectivity index (χ4v) is 2.14. The van der Waals surface area contributed by atoms with Crippen molar-refractivity contribution in [3.05, 3.63) is 0 Å². The molecule has 0 aliphatic carbocycles. The molecule has 3 heteroatoms. The maximum absolute atomic E-state index is 5.68.